The Morgan fingerprint density at radius 2 is 1.08 bits per heavy atom. The number of cyclic esters (lactones) is 2. The summed E-state index contributed by atoms with van der Waals surface area (Å²) in [4.78, 5) is 34.0. The van der Waals surface area contributed by atoms with Crippen LogP contribution in [-0.2, 0) is 43.4 Å². The third-order valence-electron chi connectivity index (χ3n) is 10.4. The van der Waals surface area contributed by atoms with E-state index in [1.54, 1.807) is 66.7 Å². The lowest BCUT2D eigenvalue weighted by atomic mass is 9.87. The van der Waals surface area contributed by atoms with Crippen LogP contribution in [0.2, 0.25) is 0 Å². The Balaban J connectivity index is 0.000000201. The fourth-order valence-electron chi connectivity index (χ4n) is 7.51. The molecule has 4 fully saturated rings. The summed E-state index contributed by atoms with van der Waals surface area (Å²) in [7, 11) is -6.88. The predicted molar refractivity (Wildman–Crippen MR) is 191 cm³/mol. The number of sulfone groups is 2. The van der Waals surface area contributed by atoms with E-state index in [4.69, 9.17) is 18.9 Å². The number of nitrogens with one attached hydrogen (secondary N) is 2. The van der Waals surface area contributed by atoms with E-state index >= 15 is 0 Å². The highest BCUT2D eigenvalue weighted by Crippen LogP contribution is 2.40. The van der Waals surface area contributed by atoms with Gasteiger partial charge in [0.1, 0.15) is 18.5 Å². The minimum absolute atomic E-state index is 0.0376. The Morgan fingerprint density at radius 3 is 1.42 bits per heavy atom. The Labute approximate surface area is 305 Å². The van der Waals surface area contributed by atoms with Crippen molar-refractivity contribution in [3.05, 3.63) is 73.3 Å². The molecule has 2 aromatic rings. The van der Waals surface area contributed by atoms with Crippen LogP contribution in [0.4, 0.5) is 9.59 Å². The van der Waals surface area contributed by atoms with E-state index in [0.717, 1.165) is 6.29 Å². The second-order valence-corrected chi connectivity index (χ2v) is 17.9. The van der Waals surface area contributed by atoms with Gasteiger partial charge in [-0.3, -0.25) is 0 Å². The van der Waals surface area contributed by atoms with Gasteiger partial charge in [0.25, 0.3) is 0 Å². The maximum atomic E-state index is 12.8. The monoisotopic (exact) mass is 760 g/mol. The van der Waals surface area contributed by atoms with Crippen molar-refractivity contribution in [3.63, 3.8) is 0 Å². The van der Waals surface area contributed by atoms with E-state index in [1.807, 2.05) is 13.8 Å². The summed E-state index contributed by atoms with van der Waals surface area (Å²) in [6.07, 6.45) is 1.89. The van der Waals surface area contributed by atoms with Gasteiger partial charge >= 0.3 is 12.2 Å². The zero-order valence-electron chi connectivity index (χ0n) is 29.4. The van der Waals surface area contributed by atoms with Crippen molar-refractivity contribution in [2.75, 3.05) is 24.6 Å². The fraction of sp³-hybridized carbons (Fsp3) is 0.541. The molecule has 0 aliphatic carbocycles. The number of hydrogen-bond acceptors (Lipinski definition) is 11. The summed E-state index contributed by atoms with van der Waals surface area (Å²) in [5, 5.41) is 5.23. The normalized spacial score (nSPS) is 31.4. The third kappa shape index (κ3) is 9.79. The van der Waals surface area contributed by atoms with E-state index in [1.165, 1.54) is 0 Å². The Hall–Kier alpha value is -3.79. The molecule has 4 saturated heterocycles. The van der Waals surface area contributed by atoms with Gasteiger partial charge in [-0.1, -0.05) is 56.3 Å². The van der Waals surface area contributed by atoms with Crippen LogP contribution in [0.25, 0.3) is 0 Å². The van der Waals surface area contributed by atoms with Crippen molar-refractivity contribution in [2.45, 2.75) is 85.9 Å². The second-order valence-electron chi connectivity index (χ2n) is 13.9. The largest absolute Gasteiger partial charge is 0.444 e. The molecule has 6 rings (SSSR count). The van der Waals surface area contributed by atoms with Crippen molar-refractivity contribution in [1.82, 2.24) is 10.6 Å². The highest BCUT2D eigenvalue weighted by molar-refractivity contribution is 7.91. The van der Waals surface area contributed by atoms with Crippen molar-refractivity contribution < 1.29 is 50.2 Å². The average Bonchev–Trinajstić information content (AvgIpc) is 3.87. The number of aldehydes is 1. The van der Waals surface area contributed by atoms with Gasteiger partial charge in [-0.25, -0.2) is 26.4 Å². The summed E-state index contributed by atoms with van der Waals surface area (Å²) >= 11 is 0. The molecule has 10 atom stereocenters. The molecule has 15 heteroatoms. The van der Waals surface area contributed by atoms with Crippen LogP contribution in [0.1, 0.15) is 39.5 Å². The van der Waals surface area contributed by atoms with E-state index in [2.05, 4.69) is 17.2 Å². The van der Waals surface area contributed by atoms with Crippen LogP contribution in [0.3, 0.4) is 0 Å². The Kier molecular flexibility index (Phi) is 13.2. The number of ether oxygens (including phenoxy) is 4. The van der Waals surface area contributed by atoms with Gasteiger partial charge in [0, 0.05) is 31.1 Å². The molecule has 0 aromatic heterocycles. The van der Waals surface area contributed by atoms with E-state index in [-0.39, 0.29) is 77.0 Å². The molecule has 4 heterocycles. The van der Waals surface area contributed by atoms with Crippen molar-refractivity contribution in [1.29, 1.82) is 0 Å². The molecule has 2 amide bonds. The first kappa shape index (κ1) is 39.4. The number of benzene rings is 2. The molecule has 0 bridgehead atoms. The Bertz CT molecular complexity index is 1630. The quantitative estimate of drug-likeness (QED) is 0.209. The van der Waals surface area contributed by atoms with Crippen molar-refractivity contribution in [3.8, 4) is 0 Å². The summed E-state index contributed by atoms with van der Waals surface area (Å²) in [5.41, 5.74) is 0. The molecule has 13 nitrogen and oxygen atoms in total. The van der Waals surface area contributed by atoms with Crippen LogP contribution in [0.5, 0.6) is 0 Å². The first-order valence-corrected chi connectivity index (χ1v) is 20.9. The maximum Gasteiger partial charge on any atom is 0.407 e. The molecule has 0 unspecified atom stereocenters. The average molecular weight is 761 g/mol. The zero-order valence-corrected chi connectivity index (χ0v) is 31.0. The molecule has 0 saturated carbocycles. The topological polar surface area (TPSA) is 180 Å². The Morgan fingerprint density at radius 1 is 0.673 bits per heavy atom. The van der Waals surface area contributed by atoms with E-state index in [0.29, 0.717) is 37.2 Å². The number of carbonyl (C=O) groups excluding carboxylic acids is 3. The molecule has 0 radical (unpaired) electrons. The van der Waals surface area contributed by atoms with Gasteiger partial charge in [-0.05, 0) is 42.5 Å². The van der Waals surface area contributed by atoms with Crippen LogP contribution in [0, 0.1) is 23.7 Å². The molecule has 4 aliphatic heterocycles. The summed E-state index contributed by atoms with van der Waals surface area (Å²) in [5.74, 6) is -0.490. The molecular weight excluding hydrogens is 713 g/mol. The minimum Gasteiger partial charge on any atom is -0.444 e. The van der Waals surface area contributed by atoms with Gasteiger partial charge in [-0.15, -0.1) is 6.58 Å². The standard InChI is InChI=1S/C19H25NO5S.C18H23NO6S/c1-3-7-17-16(12-26(22,23)15-8-5-4-6-9-15)13(2)18(25-17)10-14-11-20-19(21)24-14;1-12-15(11-26(22,23)14-5-3-2-4-6-14)16(7-8-20)25-17(12)9-13-10-19-18(21)24-13/h3-6,8-9,13-14,16-18H,1,7,10-12H2,2H3,(H,20,21);2-6,8,12-13,15-17H,7,9-11H2,1H3,(H,19,21)/t13-,14+,16-,17+,18-;12-,13+,15-,16+,17-/m11/s1. The van der Waals surface area contributed by atoms with Crippen LogP contribution < -0.4 is 10.6 Å². The smallest absolute Gasteiger partial charge is 0.407 e. The maximum absolute atomic E-state index is 12.8. The molecule has 2 N–H and O–H groups in total. The molecular formula is C37H48N2O11S2. The minimum atomic E-state index is -3.48. The number of hydrogen-bond donors (Lipinski definition) is 2. The van der Waals surface area contributed by atoms with Gasteiger partial charge in [0.2, 0.25) is 0 Å². The highest BCUT2D eigenvalue weighted by atomic mass is 32.2. The number of amides is 2. The summed E-state index contributed by atoms with van der Waals surface area (Å²) in [6, 6.07) is 16.8. The summed E-state index contributed by atoms with van der Waals surface area (Å²) in [6.45, 7) is 8.60. The second kappa shape index (κ2) is 17.4. The lowest BCUT2D eigenvalue weighted by Crippen LogP contribution is -2.29. The fourth-order valence-corrected chi connectivity index (χ4v) is 11.1. The molecule has 284 valence electrons. The zero-order chi connectivity index (χ0) is 37.5. The SMILES string of the molecule is C=CC[C@@H]1O[C@H](C[C@H]2CNC(=O)O2)[C@H](C)[C@H]1CS(=O)(=O)c1ccccc1.C[C@@H]1[C@@H](CS(=O)(=O)c2ccccc2)[C@H](CC=O)O[C@@H]1C[C@H]1CNC(=O)O1. The molecule has 4 aliphatic rings. The summed E-state index contributed by atoms with van der Waals surface area (Å²) < 4.78 is 73.6. The van der Waals surface area contributed by atoms with Crippen LogP contribution in [0.15, 0.2) is 83.1 Å². The predicted octanol–water partition coefficient (Wildman–Crippen LogP) is 4.12. The first-order valence-electron chi connectivity index (χ1n) is 17.6. The molecule has 0 spiro atoms. The van der Waals surface area contributed by atoms with Gasteiger partial charge in [-0.2, -0.15) is 0 Å². The number of carbonyl (C=O) groups is 3. The lowest BCUT2D eigenvalue weighted by molar-refractivity contribution is -0.110. The third-order valence-corrected chi connectivity index (χ3v) is 14.0. The molecule has 52 heavy (non-hydrogen) atoms. The van der Waals surface area contributed by atoms with E-state index in [9.17, 15) is 31.2 Å². The van der Waals surface area contributed by atoms with Gasteiger partial charge in [0.05, 0.1) is 58.8 Å². The highest BCUT2D eigenvalue weighted by Gasteiger charge is 2.46. The van der Waals surface area contributed by atoms with Crippen molar-refractivity contribution in [2.24, 2.45) is 23.7 Å². The number of rotatable bonds is 14. The van der Waals surface area contributed by atoms with Crippen molar-refractivity contribution >= 4 is 38.1 Å². The van der Waals surface area contributed by atoms with Crippen LogP contribution in [-0.4, -0.2) is 96.5 Å². The van der Waals surface area contributed by atoms with Gasteiger partial charge < -0.3 is 34.4 Å². The van der Waals surface area contributed by atoms with E-state index < -0.39 is 38.0 Å². The van der Waals surface area contributed by atoms with Gasteiger partial charge in [0.15, 0.2) is 19.7 Å². The van der Waals surface area contributed by atoms with Crippen LogP contribution >= 0.6 is 0 Å². The first-order chi connectivity index (χ1) is 24.8. The lowest BCUT2D eigenvalue weighted by Gasteiger charge is -2.21. The number of alkyl carbamates (subject to hydrolysis) is 2. The molecule has 2 aromatic carbocycles.